The van der Waals surface area contributed by atoms with Crippen molar-refractivity contribution in [2.45, 2.75) is 19.8 Å². The summed E-state index contributed by atoms with van der Waals surface area (Å²) in [5.41, 5.74) is 0.591. The molecule has 2 heterocycles. The lowest BCUT2D eigenvalue weighted by molar-refractivity contribution is 0.0700. The Bertz CT molecular complexity index is 631. The molecule has 1 N–H and O–H groups in total. The van der Waals surface area contributed by atoms with Crippen molar-refractivity contribution in [3.8, 4) is 0 Å². The van der Waals surface area contributed by atoms with Gasteiger partial charge in [-0.15, -0.1) is 0 Å². The second-order valence-corrected chi connectivity index (χ2v) is 8.28. The van der Waals surface area contributed by atoms with E-state index in [2.05, 4.69) is 4.98 Å². The normalized spacial score (nSPS) is 17.4. The third-order valence-electron chi connectivity index (χ3n) is 3.36. The van der Waals surface area contributed by atoms with Crippen molar-refractivity contribution in [1.82, 2.24) is 9.29 Å². The van der Waals surface area contributed by atoms with Gasteiger partial charge in [0.05, 0.1) is 11.9 Å². The summed E-state index contributed by atoms with van der Waals surface area (Å²) in [4.78, 5) is 17.9. The maximum Gasteiger partial charge on any atom is 0.347 e. The number of carboxylic acid groups (broad SMARTS) is 1. The standard InChI is InChI=1S/C12H19N3O4S2/c1-8(2)9-10(11(16)17)20-12(13-9)14-4-6-15(7-5-14)21(3,18)19/h8H,4-7H2,1-3H3,(H,16,17). The predicted octanol–water partition coefficient (Wildman–Crippen LogP) is 1.05. The third kappa shape index (κ3) is 3.53. The van der Waals surface area contributed by atoms with Crippen LogP contribution in [0, 0.1) is 0 Å². The highest BCUT2D eigenvalue weighted by Crippen LogP contribution is 2.31. The van der Waals surface area contributed by atoms with Crippen molar-refractivity contribution in [2.24, 2.45) is 0 Å². The van der Waals surface area contributed by atoms with Gasteiger partial charge in [0.25, 0.3) is 0 Å². The van der Waals surface area contributed by atoms with Crippen LogP contribution in [0.3, 0.4) is 0 Å². The first-order valence-electron chi connectivity index (χ1n) is 6.64. The number of rotatable bonds is 4. The van der Waals surface area contributed by atoms with E-state index < -0.39 is 16.0 Å². The topological polar surface area (TPSA) is 90.8 Å². The van der Waals surface area contributed by atoms with Gasteiger partial charge >= 0.3 is 5.97 Å². The summed E-state index contributed by atoms with van der Waals surface area (Å²) in [5, 5.41) is 9.90. The Balaban J connectivity index is 2.18. The van der Waals surface area contributed by atoms with Gasteiger partial charge in [-0.1, -0.05) is 25.2 Å². The van der Waals surface area contributed by atoms with E-state index in [9.17, 15) is 18.3 Å². The van der Waals surface area contributed by atoms with E-state index in [-0.39, 0.29) is 10.8 Å². The van der Waals surface area contributed by atoms with Crippen LogP contribution >= 0.6 is 11.3 Å². The van der Waals surface area contributed by atoms with E-state index in [4.69, 9.17) is 0 Å². The third-order valence-corrected chi connectivity index (χ3v) is 5.78. The molecule has 0 unspecified atom stereocenters. The molecule has 0 amide bonds. The molecular weight excluding hydrogens is 314 g/mol. The highest BCUT2D eigenvalue weighted by Gasteiger charge is 2.27. The number of carboxylic acids is 1. The lowest BCUT2D eigenvalue weighted by Crippen LogP contribution is -2.48. The van der Waals surface area contributed by atoms with Crippen LogP contribution in [0.1, 0.15) is 35.1 Å². The quantitative estimate of drug-likeness (QED) is 0.885. The zero-order valence-electron chi connectivity index (χ0n) is 12.2. The summed E-state index contributed by atoms with van der Waals surface area (Å²) < 4.78 is 24.4. The van der Waals surface area contributed by atoms with Gasteiger partial charge in [-0.2, -0.15) is 4.31 Å². The molecule has 9 heteroatoms. The van der Waals surface area contributed by atoms with Gasteiger partial charge in [0, 0.05) is 26.2 Å². The first-order chi connectivity index (χ1) is 9.70. The van der Waals surface area contributed by atoms with Crippen molar-refractivity contribution in [2.75, 3.05) is 37.3 Å². The Morgan fingerprint density at radius 1 is 1.29 bits per heavy atom. The monoisotopic (exact) mass is 333 g/mol. The number of hydrogen-bond donors (Lipinski definition) is 1. The fourth-order valence-electron chi connectivity index (χ4n) is 2.21. The number of carbonyl (C=O) groups is 1. The van der Waals surface area contributed by atoms with Crippen LogP contribution in [0.15, 0.2) is 0 Å². The molecule has 21 heavy (non-hydrogen) atoms. The van der Waals surface area contributed by atoms with Gasteiger partial charge < -0.3 is 10.0 Å². The average molecular weight is 333 g/mol. The second-order valence-electron chi connectivity index (χ2n) is 5.32. The van der Waals surface area contributed by atoms with E-state index in [0.29, 0.717) is 37.0 Å². The summed E-state index contributed by atoms with van der Waals surface area (Å²) in [6.07, 6.45) is 1.20. The molecule has 0 spiro atoms. The largest absolute Gasteiger partial charge is 0.477 e. The van der Waals surface area contributed by atoms with Crippen LogP contribution in [-0.2, 0) is 10.0 Å². The molecule has 2 rings (SSSR count). The lowest BCUT2D eigenvalue weighted by atomic mass is 10.1. The minimum absolute atomic E-state index is 0.0402. The fraction of sp³-hybridized carbons (Fsp3) is 0.667. The molecule has 118 valence electrons. The number of aromatic nitrogens is 1. The SMILES string of the molecule is CC(C)c1nc(N2CCN(S(C)(=O)=O)CC2)sc1C(=O)O. The molecule has 1 aliphatic heterocycles. The molecule has 0 aliphatic carbocycles. The summed E-state index contributed by atoms with van der Waals surface area (Å²) in [6.45, 7) is 5.67. The lowest BCUT2D eigenvalue weighted by Gasteiger charge is -2.32. The van der Waals surface area contributed by atoms with E-state index in [0.717, 1.165) is 11.3 Å². The molecule has 0 bridgehead atoms. The van der Waals surface area contributed by atoms with E-state index >= 15 is 0 Å². The molecule has 1 saturated heterocycles. The molecule has 0 radical (unpaired) electrons. The second kappa shape index (κ2) is 5.90. The molecular formula is C12H19N3O4S2. The van der Waals surface area contributed by atoms with Crippen LogP contribution < -0.4 is 4.90 Å². The van der Waals surface area contributed by atoms with E-state index in [1.807, 2.05) is 18.7 Å². The fourth-order valence-corrected chi connectivity index (χ4v) is 4.15. The molecule has 1 fully saturated rings. The smallest absolute Gasteiger partial charge is 0.347 e. The van der Waals surface area contributed by atoms with Crippen LogP contribution in [0.4, 0.5) is 5.13 Å². The van der Waals surface area contributed by atoms with Crippen molar-refractivity contribution in [3.63, 3.8) is 0 Å². The Labute approximate surface area is 128 Å². The molecule has 1 aromatic heterocycles. The Morgan fingerprint density at radius 3 is 2.24 bits per heavy atom. The zero-order chi connectivity index (χ0) is 15.8. The molecule has 0 saturated carbocycles. The van der Waals surface area contributed by atoms with Crippen molar-refractivity contribution in [3.05, 3.63) is 10.6 Å². The Kier molecular flexibility index (Phi) is 4.54. The Hall–Kier alpha value is -1.19. The Morgan fingerprint density at radius 2 is 1.86 bits per heavy atom. The number of hydrogen-bond acceptors (Lipinski definition) is 6. The summed E-state index contributed by atoms with van der Waals surface area (Å²) in [6, 6.07) is 0. The minimum Gasteiger partial charge on any atom is -0.477 e. The van der Waals surface area contributed by atoms with Gasteiger partial charge in [-0.25, -0.2) is 18.2 Å². The highest BCUT2D eigenvalue weighted by molar-refractivity contribution is 7.88. The molecule has 1 aromatic rings. The molecule has 0 aromatic carbocycles. The van der Waals surface area contributed by atoms with Crippen molar-refractivity contribution < 1.29 is 18.3 Å². The van der Waals surface area contributed by atoms with Crippen LogP contribution in [0.5, 0.6) is 0 Å². The van der Waals surface area contributed by atoms with Crippen molar-refractivity contribution in [1.29, 1.82) is 0 Å². The van der Waals surface area contributed by atoms with Crippen LogP contribution in [-0.4, -0.2) is 61.2 Å². The molecule has 0 atom stereocenters. The van der Waals surface area contributed by atoms with Crippen molar-refractivity contribution >= 4 is 32.5 Å². The maximum absolute atomic E-state index is 11.5. The van der Waals surface area contributed by atoms with Gasteiger partial charge in [-0.3, -0.25) is 0 Å². The van der Waals surface area contributed by atoms with Crippen LogP contribution in [0.25, 0.3) is 0 Å². The highest BCUT2D eigenvalue weighted by atomic mass is 32.2. The average Bonchev–Trinajstić information content (AvgIpc) is 2.83. The number of nitrogens with zero attached hydrogens (tertiary/aromatic N) is 3. The number of aromatic carboxylic acids is 1. The number of piperazine rings is 1. The first-order valence-corrected chi connectivity index (χ1v) is 9.30. The van der Waals surface area contributed by atoms with E-state index in [1.165, 1.54) is 10.6 Å². The molecule has 7 nitrogen and oxygen atoms in total. The number of thiazole rings is 1. The van der Waals surface area contributed by atoms with Gasteiger partial charge in [0.2, 0.25) is 10.0 Å². The van der Waals surface area contributed by atoms with Gasteiger partial charge in [-0.05, 0) is 5.92 Å². The van der Waals surface area contributed by atoms with E-state index in [1.54, 1.807) is 0 Å². The maximum atomic E-state index is 11.5. The number of sulfonamides is 1. The summed E-state index contributed by atoms with van der Waals surface area (Å²) >= 11 is 1.16. The van der Waals surface area contributed by atoms with Gasteiger partial charge in [0.1, 0.15) is 4.88 Å². The van der Waals surface area contributed by atoms with Crippen LogP contribution in [0.2, 0.25) is 0 Å². The van der Waals surface area contributed by atoms with Gasteiger partial charge in [0.15, 0.2) is 5.13 Å². The first kappa shape index (κ1) is 16.2. The predicted molar refractivity (Wildman–Crippen MR) is 81.8 cm³/mol. The summed E-state index contributed by atoms with van der Waals surface area (Å²) in [7, 11) is -3.17. The number of anilines is 1. The minimum atomic E-state index is -3.17. The summed E-state index contributed by atoms with van der Waals surface area (Å²) in [5.74, 6) is -0.921. The zero-order valence-corrected chi connectivity index (χ0v) is 13.9. The molecule has 1 aliphatic rings.